The zero-order valence-corrected chi connectivity index (χ0v) is 17.9. The second-order valence-electron chi connectivity index (χ2n) is 7.98. The van der Waals surface area contributed by atoms with Crippen molar-refractivity contribution in [2.24, 2.45) is 0 Å². The van der Waals surface area contributed by atoms with Crippen LogP contribution in [0.1, 0.15) is 16.7 Å². The number of anilines is 2. The lowest BCUT2D eigenvalue weighted by Gasteiger charge is -2.18. The minimum atomic E-state index is -0.358. The van der Waals surface area contributed by atoms with E-state index in [2.05, 4.69) is 5.32 Å². The number of fused-ring (bicyclic) bond motifs is 1. The van der Waals surface area contributed by atoms with E-state index in [9.17, 15) is 9.59 Å². The predicted molar refractivity (Wildman–Crippen MR) is 129 cm³/mol. The second-order valence-corrected chi connectivity index (χ2v) is 7.98. The van der Waals surface area contributed by atoms with Crippen LogP contribution in [0.15, 0.2) is 96.7 Å². The van der Waals surface area contributed by atoms with Gasteiger partial charge in [-0.15, -0.1) is 0 Å². The molecule has 0 aliphatic carbocycles. The summed E-state index contributed by atoms with van der Waals surface area (Å²) in [6.07, 6.45) is 0. The number of hydrogen-bond acceptors (Lipinski definition) is 3. The van der Waals surface area contributed by atoms with Crippen molar-refractivity contribution in [3.05, 3.63) is 113 Å². The first-order valence-corrected chi connectivity index (χ1v) is 10.5. The number of carbonyl (C=O) groups excluding carboxylic acids is 2. The van der Waals surface area contributed by atoms with Crippen LogP contribution < -0.4 is 10.2 Å². The summed E-state index contributed by atoms with van der Waals surface area (Å²) in [5, 5.41) is 5.09. The fourth-order valence-electron chi connectivity index (χ4n) is 4.10. The zero-order chi connectivity index (χ0) is 22.2. The van der Waals surface area contributed by atoms with Crippen molar-refractivity contribution in [2.45, 2.75) is 13.8 Å². The Morgan fingerprint density at radius 3 is 2.19 bits per heavy atom. The first kappa shape index (κ1) is 19.8. The molecule has 32 heavy (non-hydrogen) atoms. The first-order valence-electron chi connectivity index (χ1n) is 10.5. The maximum Gasteiger partial charge on any atom is 0.282 e. The molecule has 0 unspecified atom stereocenters. The summed E-state index contributed by atoms with van der Waals surface area (Å²) in [4.78, 5) is 28.7. The predicted octanol–water partition coefficient (Wildman–Crippen LogP) is 5.85. The van der Waals surface area contributed by atoms with Crippen LogP contribution >= 0.6 is 0 Å². The van der Waals surface area contributed by atoms with Crippen molar-refractivity contribution in [2.75, 3.05) is 10.2 Å². The van der Waals surface area contributed by atoms with E-state index in [1.165, 1.54) is 10.5 Å². The Morgan fingerprint density at radius 2 is 1.41 bits per heavy atom. The van der Waals surface area contributed by atoms with Gasteiger partial charge in [0.1, 0.15) is 5.70 Å². The van der Waals surface area contributed by atoms with Crippen LogP contribution in [0.4, 0.5) is 11.4 Å². The van der Waals surface area contributed by atoms with Gasteiger partial charge in [0.2, 0.25) is 0 Å². The molecule has 4 heteroatoms. The van der Waals surface area contributed by atoms with Crippen molar-refractivity contribution in [1.82, 2.24) is 0 Å². The van der Waals surface area contributed by atoms with Crippen molar-refractivity contribution < 1.29 is 9.59 Å². The molecule has 4 aromatic carbocycles. The number of carbonyl (C=O) groups is 2. The van der Waals surface area contributed by atoms with Crippen LogP contribution in [-0.4, -0.2) is 11.8 Å². The minimum absolute atomic E-state index is 0.289. The van der Waals surface area contributed by atoms with Crippen molar-refractivity contribution >= 4 is 39.5 Å². The maximum atomic E-state index is 13.7. The second kappa shape index (κ2) is 7.82. The molecule has 1 heterocycles. The van der Waals surface area contributed by atoms with Gasteiger partial charge in [-0.1, -0.05) is 72.8 Å². The van der Waals surface area contributed by atoms with Crippen molar-refractivity contribution in [1.29, 1.82) is 0 Å². The van der Waals surface area contributed by atoms with E-state index in [1.54, 1.807) is 0 Å². The number of hydrogen-bond donors (Lipinski definition) is 1. The third-order valence-electron chi connectivity index (χ3n) is 5.93. The fraction of sp³-hybridized carbons (Fsp3) is 0.0714. The average Bonchev–Trinajstić information content (AvgIpc) is 3.05. The number of aryl methyl sites for hydroxylation is 2. The summed E-state index contributed by atoms with van der Waals surface area (Å²) in [6.45, 7) is 4.07. The van der Waals surface area contributed by atoms with E-state index in [-0.39, 0.29) is 17.5 Å². The molecule has 4 aromatic rings. The summed E-state index contributed by atoms with van der Waals surface area (Å²) >= 11 is 0. The first-order chi connectivity index (χ1) is 15.5. The zero-order valence-electron chi connectivity index (χ0n) is 17.9. The van der Waals surface area contributed by atoms with Crippen molar-refractivity contribution in [3.8, 4) is 0 Å². The molecule has 5 rings (SSSR count). The van der Waals surface area contributed by atoms with Gasteiger partial charge in [0.05, 0.1) is 11.3 Å². The molecule has 1 aliphatic rings. The molecule has 0 fully saturated rings. The molecule has 0 saturated carbocycles. The Balaban J connectivity index is 1.66. The number of rotatable bonds is 4. The van der Waals surface area contributed by atoms with Gasteiger partial charge in [-0.05, 0) is 54.1 Å². The number of benzene rings is 4. The summed E-state index contributed by atoms with van der Waals surface area (Å²) < 4.78 is 0. The van der Waals surface area contributed by atoms with Crippen LogP contribution in [0.3, 0.4) is 0 Å². The third-order valence-corrected chi connectivity index (χ3v) is 5.93. The van der Waals surface area contributed by atoms with Gasteiger partial charge in [-0.3, -0.25) is 9.59 Å². The van der Waals surface area contributed by atoms with Crippen LogP contribution in [0.2, 0.25) is 0 Å². The monoisotopic (exact) mass is 418 g/mol. The highest BCUT2D eigenvalue weighted by atomic mass is 16.2. The van der Waals surface area contributed by atoms with Gasteiger partial charge in [-0.25, -0.2) is 4.90 Å². The quantitative estimate of drug-likeness (QED) is 0.423. The van der Waals surface area contributed by atoms with Gasteiger partial charge < -0.3 is 5.32 Å². The summed E-state index contributed by atoms with van der Waals surface area (Å²) in [5.74, 6) is -0.688. The standard InChI is InChI=1S/C28H22N2O2/c1-18-15-16-22(17-19(18)2)29-26-25(21-10-4-3-5-11-21)27(31)30(28(26)32)24-14-8-12-20-9-6-7-13-23(20)24/h3-17,29H,1-2H3. The third kappa shape index (κ3) is 3.26. The van der Waals surface area contributed by atoms with Crippen LogP contribution in [0.5, 0.6) is 0 Å². The van der Waals surface area contributed by atoms with Crippen molar-refractivity contribution in [3.63, 3.8) is 0 Å². The molecule has 0 atom stereocenters. The van der Waals surface area contributed by atoms with Crippen LogP contribution in [-0.2, 0) is 9.59 Å². The Morgan fingerprint density at radius 1 is 0.688 bits per heavy atom. The molecule has 1 N–H and O–H groups in total. The van der Waals surface area contributed by atoms with Crippen LogP contribution in [0.25, 0.3) is 16.3 Å². The Kier molecular flexibility index (Phi) is 4.83. The van der Waals surface area contributed by atoms with E-state index in [0.29, 0.717) is 16.8 Å². The molecule has 0 bridgehead atoms. The SMILES string of the molecule is Cc1ccc(NC2=C(c3ccccc3)C(=O)N(c3cccc4ccccc34)C2=O)cc1C. The Hall–Kier alpha value is -4.18. The fourth-order valence-corrected chi connectivity index (χ4v) is 4.10. The number of nitrogens with zero attached hydrogens (tertiary/aromatic N) is 1. The van der Waals surface area contributed by atoms with Crippen LogP contribution in [0, 0.1) is 13.8 Å². The number of nitrogens with one attached hydrogen (secondary N) is 1. The van der Waals surface area contributed by atoms with E-state index >= 15 is 0 Å². The largest absolute Gasteiger partial charge is 0.350 e. The lowest BCUT2D eigenvalue weighted by Crippen LogP contribution is -2.32. The van der Waals surface area contributed by atoms with E-state index in [0.717, 1.165) is 22.0 Å². The van der Waals surface area contributed by atoms with E-state index in [1.807, 2.05) is 105 Å². The number of amides is 2. The highest BCUT2D eigenvalue weighted by Crippen LogP contribution is 2.37. The molecule has 0 spiro atoms. The minimum Gasteiger partial charge on any atom is -0.350 e. The molecule has 156 valence electrons. The molecule has 2 amide bonds. The van der Waals surface area contributed by atoms with E-state index in [4.69, 9.17) is 0 Å². The van der Waals surface area contributed by atoms with Gasteiger partial charge in [0, 0.05) is 11.1 Å². The summed E-state index contributed by atoms with van der Waals surface area (Å²) in [5.41, 5.74) is 5.01. The normalized spacial score (nSPS) is 13.9. The average molecular weight is 418 g/mol. The Labute approximate surface area is 186 Å². The molecule has 1 aliphatic heterocycles. The molecule has 0 saturated heterocycles. The Bertz CT molecular complexity index is 1400. The highest BCUT2D eigenvalue weighted by molar-refractivity contribution is 6.47. The molecule has 0 radical (unpaired) electrons. The molecular weight excluding hydrogens is 396 g/mol. The lowest BCUT2D eigenvalue weighted by molar-refractivity contribution is -0.120. The smallest absolute Gasteiger partial charge is 0.282 e. The summed E-state index contributed by atoms with van der Waals surface area (Å²) in [6, 6.07) is 28.7. The molecule has 4 nitrogen and oxygen atoms in total. The lowest BCUT2D eigenvalue weighted by atomic mass is 10.0. The summed E-state index contributed by atoms with van der Waals surface area (Å²) in [7, 11) is 0. The molecule has 0 aromatic heterocycles. The van der Waals surface area contributed by atoms with Gasteiger partial charge in [-0.2, -0.15) is 0 Å². The van der Waals surface area contributed by atoms with E-state index < -0.39 is 0 Å². The number of imide groups is 1. The highest BCUT2D eigenvalue weighted by Gasteiger charge is 2.40. The maximum absolute atomic E-state index is 13.7. The molecular formula is C28H22N2O2. The van der Waals surface area contributed by atoms with Gasteiger partial charge >= 0.3 is 0 Å². The van der Waals surface area contributed by atoms with Gasteiger partial charge in [0.15, 0.2) is 0 Å². The topological polar surface area (TPSA) is 49.4 Å². The van der Waals surface area contributed by atoms with Gasteiger partial charge in [0.25, 0.3) is 11.8 Å².